The van der Waals surface area contributed by atoms with Crippen LogP contribution in [-0.4, -0.2) is 11.4 Å². The lowest BCUT2D eigenvalue weighted by molar-refractivity contribution is 0.271. The molecule has 0 aliphatic carbocycles. The summed E-state index contributed by atoms with van der Waals surface area (Å²) in [4.78, 5) is 2.42. The number of benzene rings is 2. The highest BCUT2D eigenvalue weighted by Crippen LogP contribution is 2.13. The molecule has 2 rings (SSSR count). The van der Waals surface area contributed by atoms with Crippen molar-refractivity contribution in [2.45, 2.75) is 20.0 Å². The van der Waals surface area contributed by atoms with Crippen LogP contribution in [0.15, 0.2) is 48.5 Å². The standard InChI is InChI=1S/C16H19IN2/c1-2-19(11-13-3-7-15(17)8-4-13)12-14-5-9-16(18)10-6-14/h3-10H,2,11-12,18H2,1H3. The van der Waals surface area contributed by atoms with Crippen molar-refractivity contribution in [2.24, 2.45) is 0 Å². The molecule has 0 saturated heterocycles. The number of nitrogen functional groups attached to an aromatic ring is 1. The van der Waals surface area contributed by atoms with Crippen LogP contribution in [0.5, 0.6) is 0 Å². The van der Waals surface area contributed by atoms with Gasteiger partial charge in [0.2, 0.25) is 0 Å². The molecule has 0 radical (unpaired) electrons. The Morgan fingerprint density at radius 1 is 0.895 bits per heavy atom. The number of hydrogen-bond donors (Lipinski definition) is 1. The number of halogens is 1. The number of hydrogen-bond acceptors (Lipinski definition) is 2. The number of nitrogens with two attached hydrogens (primary N) is 1. The minimum absolute atomic E-state index is 0.824. The fraction of sp³-hybridized carbons (Fsp3) is 0.250. The van der Waals surface area contributed by atoms with Gasteiger partial charge in [0.15, 0.2) is 0 Å². The molecule has 0 aliphatic rings. The molecule has 100 valence electrons. The first-order valence-electron chi connectivity index (χ1n) is 6.48. The summed E-state index contributed by atoms with van der Waals surface area (Å²) in [5.74, 6) is 0. The first kappa shape index (κ1) is 14.3. The molecule has 0 fully saturated rings. The van der Waals surface area contributed by atoms with Crippen LogP contribution in [0.4, 0.5) is 5.69 Å². The second-order valence-electron chi connectivity index (χ2n) is 4.67. The number of nitrogens with zero attached hydrogens (tertiary/aromatic N) is 1. The van der Waals surface area contributed by atoms with Gasteiger partial charge < -0.3 is 5.73 Å². The molecule has 0 spiro atoms. The van der Waals surface area contributed by atoms with Crippen LogP contribution in [0, 0.1) is 3.57 Å². The summed E-state index contributed by atoms with van der Waals surface area (Å²) in [5.41, 5.74) is 9.20. The fourth-order valence-corrected chi connectivity index (χ4v) is 2.37. The van der Waals surface area contributed by atoms with Gasteiger partial charge in [0, 0.05) is 22.3 Å². The molecule has 2 N–H and O–H groups in total. The third kappa shape index (κ3) is 4.51. The van der Waals surface area contributed by atoms with Crippen molar-refractivity contribution >= 4 is 28.3 Å². The molecule has 2 aromatic carbocycles. The second kappa shape index (κ2) is 6.91. The molecule has 0 amide bonds. The average molecular weight is 366 g/mol. The fourth-order valence-electron chi connectivity index (χ4n) is 2.01. The molecule has 2 nitrogen and oxygen atoms in total. The minimum Gasteiger partial charge on any atom is -0.399 e. The van der Waals surface area contributed by atoms with E-state index in [0.717, 1.165) is 25.3 Å². The smallest absolute Gasteiger partial charge is 0.0314 e. The highest BCUT2D eigenvalue weighted by atomic mass is 127. The van der Waals surface area contributed by atoms with Crippen molar-refractivity contribution < 1.29 is 0 Å². The van der Waals surface area contributed by atoms with Gasteiger partial charge in [-0.3, -0.25) is 4.90 Å². The quantitative estimate of drug-likeness (QED) is 0.643. The summed E-state index contributed by atoms with van der Waals surface area (Å²) in [7, 11) is 0. The van der Waals surface area contributed by atoms with Crippen molar-refractivity contribution in [3.63, 3.8) is 0 Å². The Labute approximate surface area is 128 Å². The molecule has 0 unspecified atom stereocenters. The van der Waals surface area contributed by atoms with Gasteiger partial charge in [-0.1, -0.05) is 31.2 Å². The predicted octanol–water partition coefficient (Wildman–Crippen LogP) is 3.90. The first-order valence-corrected chi connectivity index (χ1v) is 7.56. The van der Waals surface area contributed by atoms with Gasteiger partial charge in [-0.25, -0.2) is 0 Å². The largest absolute Gasteiger partial charge is 0.399 e. The van der Waals surface area contributed by atoms with Gasteiger partial charge in [0.1, 0.15) is 0 Å². The van der Waals surface area contributed by atoms with E-state index in [-0.39, 0.29) is 0 Å². The Morgan fingerprint density at radius 3 is 1.84 bits per heavy atom. The molecule has 0 aliphatic heterocycles. The lowest BCUT2D eigenvalue weighted by Gasteiger charge is -2.20. The van der Waals surface area contributed by atoms with Gasteiger partial charge in [0.25, 0.3) is 0 Å². The SMILES string of the molecule is CCN(Cc1ccc(N)cc1)Cc1ccc(I)cc1. The van der Waals surface area contributed by atoms with Crippen molar-refractivity contribution in [3.05, 3.63) is 63.2 Å². The summed E-state index contributed by atoms with van der Waals surface area (Å²) in [5, 5.41) is 0. The Hall–Kier alpha value is -1.07. The lowest BCUT2D eigenvalue weighted by atomic mass is 10.1. The summed E-state index contributed by atoms with van der Waals surface area (Å²) >= 11 is 2.34. The van der Waals surface area contributed by atoms with Crippen molar-refractivity contribution in [1.29, 1.82) is 0 Å². The molecule has 0 saturated carbocycles. The predicted molar refractivity (Wildman–Crippen MR) is 89.8 cm³/mol. The molecular formula is C16H19IN2. The van der Waals surface area contributed by atoms with Crippen LogP contribution in [0.2, 0.25) is 0 Å². The topological polar surface area (TPSA) is 29.3 Å². The zero-order chi connectivity index (χ0) is 13.7. The van der Waals surface area contributed by atoms with Crippen LogP contribution in [-0.2, 0) is 13.1 Å². The molecule has 0 bridgehead atoms. The van der Waals surface area contributed by atoms with E-state index in [2.05, 4.69) is 70.8 Å². The van der Waals surface area contributed by atoms with Crippen molar-refractivity contribution in [1.82, 2.24) is 4.90 Å². The monoisotopic (exact) mass is 366 g/mol. The number of anilines is 1. The highest BCUT2D eigenvalue weighted by molar-refractivity contribution is 14.1. The van der Waals surface area contributed by atoms with Crippen molar-refractivity contribution in [3.8, 4) is 0 Å². The van der Waals surface area contributed by atoms with Gasteiger partial charge in [-0.2, -0.15) is 0 Å². The van der Waals surface area contributed by atoms with E-state index in [0.29, 0.717) is 0 Å². The van der Waals surface area contributed by atoms with Gasteiger partial charge in [0.05, 0.1) is 0 Å². The summed E-state index contributed by atoms with van der Waals surface area (Å²) < 4.78 is 1.28. The highest BCUT2D eigenvalue weighted by Gasteiger charge is 2.05. The maximum Gasteiger partial charge on any atom is 0.0314 e. The first-order chi connectivity index (χ1) is 9.17. The van der Waals surface area contributed by atoms with Crippen LogP contribution in [0.1, 0.15) is 18.1 Å². The van der Waals surface area contributed by atoms with E-state index < -0.39 is 0 Å². The average Bonchev–Trinajstić information content (AvgIpc) is 2.43. The van der Waals surface area contributed by atoms with Crippen LogP contribution in [0.3, 0.4) is 0 Å². The zero-order valence-corrected chi connectivity index (χ0v) is 13.3. The Balaban J connectivity index is 2.00. The van der Waals surface area contributed by atoms with E-state index in [1.54, 1.807) is 0 Å². The molecule has 2 aromatic rings. The Morgan fingerprint density at radius 2 is 1.37 bits per heavy atom. The molecule has 19 heavy (non-hydrogen) atoms. The van der Waals surface area contributed by atoms with E-state index in [9.17, 15) is 0 Å². The second-order valence-corrected chi connectivity index (χ2v) is 5.92. The van der Waals surface area contributed by atoms with Gasteiger partial charge >= 0.3 is 0 Å². The van der Waals surface area contributed by atoms with Crippen LogP contribution < -0.4 is 5.73 Å². The van der Waals surface area contributed by atoms with E-state index >= 15 is 0 Å². The molecule has 0 atom stereocenters. The molecule has 3 heteroatoms. The normalized spacial score (nSPS) is 10.9. The Bertz CT molecular complexity index is 458. The summed E-state index contributed by atoms with van der Waals surface area (Å²) in [6.45, 7) is 5.18. The summed E-state index contributed by atoms with van der Waals surface area (Å²) in [6, 6.07) is 16.9. The van der Waals surface area contributed by atoms with Gasteiger partial charge in [-0.05, 0) is 64.5 Å². The third-order valence-corrected chi connectivity index (χ3v) is 3.87. The maximum atomic E-state index is 5.71. The summed E-state index contributed by atoms with van der Waals surface area (Å²) in [6.07, 6.45) is 0. The van der Waals surface area contributed by atoms with E-state index in [4.69, 9.17) is 5.73 Å². The molecule has 0 heterocycles. The third-order valence-electron chi connectivity index (χ3n) is 3.15. The Kier molecular flexibility index (Phi) is 5.22. The van der Waals surface area contributed by atoms with Crippen molar-refractivity contribution in [2.75, 3.05) is 12.3 Å². The van der Waals surface area contributed by atoms with Crippen LogP contribution >= 0.6 is 22.6 Å². The van der Waals surface area contributed by atoms with E-state index in [1.165, 1.54) is 14.7 Å². The van der Waals surface area contributed by atoms with E-state index in [1.807, 2.05) is 12.1 Å². The molecular weight excluding hydrogens is 347 g/mol. The zero-order valence-electron chi connectivity index (χ0n) is 11.1. The van der Waals surface area contributed by atoms with Crippen LogP contribution in [0.25, 0.3) is 0 Å². The minimum atomic E-state index is 0.824. The molecule has 0 aromatic heterocycles. The van der Waals surface area contributed by atoms with Gasteiger partial charge in [-0.15, -0.1) is 0 Å². The maximum absolute atomic E-state index is 5.71. The number of rotatable bonds is 5. The lowest BCUT2D eigenvalue weighted by Crippen LogP contribution is -2.22.